The van der Waals surface area contributed by atoms with Crippen molar-refractivity contribution in [3.63, 3.8) is 0 Å². The van der Waals surface area contributed by atoms with Crippen LogP contribution in [0.25, 0.3) is 0 Å². The van der Waals surface area contributed by atoms with Gasteiger partial charge in [0.25, 0.3) is 0 Å². The largest absolute Gasteiger partial charge is 0.391 e. The number of aryl methyl sites for hydroxylation is 2. The van der Waals surface area contributed by atoms with E-state index in [0.29, 0.717) is 49.9 Å². The molecule has 2 aliphatic rings. The van der Waals surface area contributed by atoms with Gasteiger partial charge in [-0.25, -0.2) is 14.1 Å². The number of β-amino-alcohol motifs (C(OH)–C–C–N with tert-alkyl or cyclic N) is 1. The van der Waals surface area contributed by atoms with Crippen LogP contribution in [0.1, 0.15) is 30.9 Å². The first-order valence-corrected chi connectivity index (χ1v) is 10.0. The van der Waals surface area contributed by atoms with E-state index >= 15 is 0 Å². The number of aliphatic hydroxyl groups is 1. The number of rotatable bonds is 3. The molecule has 29 heavy (non-hydrogen) atoms. The second-order valence-electron chi connectivity index (χ2n) is 8.31. The SMILES string of the molecule is Cc1nc(C)n(CC(=O)N2CC(O)CC3(CCN(c4ccncc4F)CC3)C2)n1. The lowest BCUT2D eigenvalue weighted by Gasteiger charge is -2.49. The molecule has 0 aliphatic carbocycles. The van der Waals surface area contributed by atoms with Gasteiger partial charge in [0.15, 0.2) is 5.82 Å². The zero-order valence-electron chi connectivity index (χ0n) is 16.9. The quantitative estimate of drug-likeness (QED) is 0.833. The van der Waals surface area contributed by atoms with Crippen LogP contribution in [-0.4, -0.2) is 67.9 Å². The summed E-state index contributed by atoms with van der Waals surface area (Å²) in [7, 11) is 0. The van der Waals surface area contributed by atoms with Crippen molar-refractivity contribution in [3.05, 3.63) is 35.9 Å². The number of pyridine rings is 1. The fourth-order valence-corrected chi connectivity index (χ4v) is 4.69. The molecule has 1 atom stereocenters. The highest BCUT2D eigenvalue weighted by molar-refractivity contribution is 5.76. The molecule has 2 fully saturated rings. The normalized spacial score (nSPS) is 21.6. The molecule has 0 aromatic carbocycles. The molecule has 0 saturated carbocycles. The van der Waals surface area contributed by atoms with Gasteiger partial charge in [-0.2, -0.15) is 5.10 Å². The molecule has 1 unspecified atom stereocenters. The number of amides is 1. The lowest BCUT2D eigenvalue weighted by Crippen LogP contribution is -2.56. The Hall–Kier alpha value is -2.55. The number of aromatic nitrogens is 4. The Balaban J connectivity index is 1.43. The zero-order chi connectivity index (χ0) is 20.6. The number of piperidine rings is 2. The van der Waals surface area contributed by atoms with Crippen LogP contribution in [0, 0.1) is 25.1 Å². The van der Waals surface area contributed by atoms with Crippen LogP contribution < -0.4 is 4.90 Å². The summed E-state index contributed by atoms with van der Waals surface area (Å²) in [4.78, 5) is 24.7. The van der Waals surface area contributed by atoms with E-state index < -0.39 is 6.10 Å². The van der Waals surface area contributed by atoms with E-state index in [2.05, 4.69) is 15.1 Å². The maximum Gasteiger partial charge on any atom is 0.244 e. The Morgan fingerprint density at radius 1 is 1.34 bits per heavy atom. The highest BCUT2D eigenvalue weighted by Gasteiger charge is 2.43. The molecule has 2 aromatic rings. The average molecular weight is 402 g/mol. The van der Waals surface area contributed by atoms with Gasteiger partial charge in [-0.05, 0) is 44.6 Å². The van der Waals surface area contributed by atoms with E-state index in [1.165, 1.54) is 6.20 Å². The summed E-state index contributed by atoms with van der Waals surface area (Å²) in [6.45, 7) is 6.09. The Labute approximate surface area is 169 Å². The van der Waals surface area contributed by atoms with Crippen molar-refractivity contribution in [3.8, 4) is 0 Å². The van der Waals surface area contributed by atoms with Crippen LogP contribution in [0.5, 0.6) is 0 Å². The number of aliphatic hydroxyl groups excluding tert-OH is 1. The predicted molar refractivity (Wildman–Crippen MR) is 105 cm³/mol. The molecule has 0 bridgehead atoms. The third-order valence-electron chi connectivity index (χ3n) is 6.14. The first-order chi connectivity index (χ1) is 13.8. The second-order valence-corrected chi connectivity index (χ2v) is 8.31. The molecular formula is C20H27FN6O2. The van der Waals surface area contributed by atoms with Crippen LogP contribution in [0.15, 0.2) is 18.5 Å². The number of anilines is 1. The molecule has 156 valence electrons. The summed E-state index contributed by atoms with van der Waals surface area (Å²) in [5, 5.41) is 14.8. The fraction of sp³-hybridized carbons (Fsp3) is 0.600. The molecule has 9 heteroatoms. The Morgan fingerprint density at radius 3 is 2.76 bits per heavy atom. The first kappa shape index (κ1) is 19.8. The molecule has 1 amide bonds. The fourth-order valence-electron chi connectivity index (χ4n) is 4.69. The van der Waals surface area contributed by atoms with E-state index in [9.17, 15) is 14.3 Å². The van der Waals surface area contributed by atoms with Crippen LogP contribution >= 0.6 is 0 Å². The minimum atomic E-state index is -0.546. The molecule has 1 spiro atoms. The molecule has 8 nitrogen and oxygen atoms in total. The van der Waals surface area contributed by atoms with Gasteiger partial charge in [0.05, 0.1) is 18.0 Å². The van der Waals surface area contributed by atoms with Crippen molar-refractivity contribution in [1.82, 2.24) is 24.6 Å². The van der Waals surface area contributed by atoms with E-state index in [1.54, 1.807) is 28.8 Å². The van der Waals surface area contributed by atoms with Crippen molar-refractivity contribution in [2.75, 3.05) is 31.1 Å². The minimum Gasteiger partial charge on any atom is -0.391 e. The van der Waals surface area contributed by atoms with Crippen LogP contribution in [0.4, 0.5) is 10.1 Å². The third-order valence-corrected chi connectivity index (χ3v) is 6.14. The number of likely N-dealkylation sites (tertiary alicyclic amines) is 1. The average Bonchev–Trinajstić information content (AvgIpc) is 2.99. The Kier molecular flexibility index (Phi) is 5.24. The van der Waals surface area contributed by atoms with E-state index in [-0.39, 0.29) is 23.7 Å². The maximum absolute atomic E-state index is 14.1. The minimum absolute atomic E-state index is 0.0567. The molecule has 2 saturated heterocycles. The molecule has 2 aromatic heterocycles. The summed E-state index contributed by atoms with van der Waals surface area (Å²) >= 11 is 0. The highest BCUT2D eigenvalue weighted by Crippen LogP contribution is 2.41. The summed E-state index contributed by atoms with van der Waals surface area (Å²) in [5.74, 6) is 0.970. The molecular weight excluding hydrogens is 375 g/mol. The lowest BCUT2D eigenvalue weighted by molar-refractivity contribution is -0.140. The summed E-state index contributed by atoms with van der Waals surface area (Å²) in [5.41, 5.74) is 0.428. The number of hydrogen-bond acceptors (Lipinski definition) is 6. The molecule has 4 heterocycles. The second kappa shape index (κ2) is 7.70. The van der Waals surface area contributed by atoms with Gasteiger partial charge in [0.2, 0.25) is 5.91 Å². The summed E-state index contributed by atoms with van der Waals surface area (Å²) in [6, 6.07) is 1.70. The van der Waals surface area contributed by atoms with Gasteiger partial charge in [0.1, 0.15) is 18.2 Å². The maximum atomic E-state index is 14.1. The monoisotopic (exact) mass is 402 g/mol. The van der Waals surface area contributed by atoms with Crippen molar-refractivity contribution in [2.24, 2.45) is 5.41 Å². The Morgan fingerprint density at radius 2 is 2.10 bits per heavy atom. The first-order valence-electron chi connectivity index (χ1n) is 10.0. The van der Waals surface area contributed by atoms with Crippen molar-refractivity contribution >= 4 is 11.6 Å². The topological polar surface area (TPSA) is 87.4 Å². The number of carbonyl (C=O) groups excluding carboxylic acids is 1. The molecule has 0 radical (unpaired) electrons. The zero-order valence-corrected chi connectivity index (χ0v) is 16.9. The van der Waals surface area contributed by atoms with Gasteiger partial charge < -0.3 is 14.9 Å². The number of hydrogen-bond donors (Lipinski definition) is 1. The molecule has 2 aliphatic heterocycles. The van der Waals surface area contributed by atoms with Crippen LogP contribution in [-0.2, 0) is 11.3 Å². The van der Waals surface area contributed by atoms with Gasteiger partial charge in [0, 0.05) is 32.4 Å². The van der Waals surface area contributed by atoms with Crippen molar-refractivity contribution < 1.29 is 14.3 Å². The van der Waals surface area contributed by atoms with Crippen LogP contribution in [0.3, 0.4) is 0 Å². The number of carbonyl (C=O) groups is 1. The Bertz CT molecular complexity index is 893. The number of halogens is 1. The van der Waals surface area contributed by atoms with Gasteiger partial charge >= 0.3 is 0 Å². The van der Waals surface area contributed by atoms with Crippen LogP contribution in [0.2, 0.25) is 0 Å². The third kappa shape index (κ3) is 4.10. The number of nitrogens with zero attached hydrogens (tertiary/aromatic N) is 6. The smallest absolute Gasteiger partial charge is 0.244 e. The van der Waals surface area contributed by atoms with Crippen molar-refractivity contribution in [1.29, 1.82) is 0 Å². The predicted octanol–water partition coefficient (Wildman–Crippen LogP) is 1.31. The van der Waals surface area contributed by atoms with Gasteiger partial charge in [-0.3, -0.25) is 9.78 Å². The highest BCUT2D eigenvalue weighted by atomic mass is 19.1. The van der Waals surface area contributed by atoms with Gasteiger partial charge in [-0.15, -0.1) is 0 Å². The lowest BCUT2D eigenvalue weighted by atomic mass is 9.71. The van der Waals surface area contributed by atoms with E-state index in [4.69, 9.17) is 0 Å². The molecule has 1 N–H and O–H groups in total. The van der Waals surface area contributed by atoms with Crippen molar-refractivity contribution in [2.45, 2.75) is 45.8 Å². The van der Waals surface area contributed by atoms with Gasteiger partial charge in [-0.1, -0.05) is 0 Å². The standard InChI is InChI=1S/C20H27FN6O2/c1-14-23-15(2)27(24-14)12-19(29)26-11-16(28)9-20(13-26)4-7-25(8-5-20)18-3-6-22-10-17(18)21/h3,6,10,16,28H,4-5,7-9,11-13H2,1-2H3. The van der Waals surface area contributed by atoms with E-state index in [0.717, 1.165) is 12.8 Å². The summed E-state index contributed by atoms with van der Waals surface area (Å²) in [6.07, 6.45) is 4.56. The molecule has 4 rings (SSSR count). The van der Waals surface area contributed by atoms with E-state index in [1.807, 2.05) is 11.8 Å². The summed E-state index contributed by atoms with van der Waals surface area (Å²) < 4.78 is 15.7.